The number of aliphatic hydroxyl groups excluding tert-OH is 1. The molecule has 0 aromatic heterocycles. The van der Waals surface area contributed by atoms with E-state index in [9.17, 15) is 5.11 Å². The second-order valence-electron chi connectivity index (χ2n) is 6.57. The number of rotatable bonds is 9. The minimum Gasteiger partial charge on any atom is -0.491 e. The minimum atomic E-state index is -0.435. The van der Waals surface area contributed by atoms with Crippen molar-refractivity contribution in [1.82, 2.24) is 5.32 Å². The lowest BCUT2D eigenvalue weighted by Gasteiger charge is -2.20. The van der Waals surface area contributed by atoms with E-state index in [0.29, 0.717) is 19.2 Å². The Bertz CT molecular complexity index is 442. The van der Waals surface area contributed by atoms with Crippen LogP contribution in [0.5, 0.6) is 5.75 Å². The summed E-state index contributed by atoms with van der Waals surface area (Å²) in [5.41, 5.74) is 1.27. The fourth-order valence-corrected chi connectivity index (χ4v) is 3.01. The Morgan fingerprint density at radius 2 is 1.95 bits per heavy atom. The van der Waals surface area contributed by atoms with E-state index in [4.69, 9.17) is 4.74 Å². The van der Waals surface area contributed by atoms with Crippen molar-refractivity contribution in [3.05, 3.63) is 29.8 Å². The quantitative estimate of drug-likeness (QED) is 0.734. The molecule has 0 bridgehead atoms. The maximum absolute atomic E-state index is 10.1. The van der Waals surface area contributed by atoms with Crippen LogP contribution in [0.3, 0.4) is 0 Å². The molecule has 0 saturated heterocycles. The highest BCUT2D eigenvalue weighted by atomic mass is 16.5. The Balaban J connectivity index is 1.40. The van der Waals surface area contributed by atoms with Crippen LogP contribution in [0.15, 0.2) is 24.3 Å². The number of aliphatic hydroxyl groups is 1. The van der Waals surface area contributed by atoms with Crippen LogP contribution in [0, 0.1) is 11.8 Å². The van der Waals surface area contributed by atoms with Gasteiger partial charge in [0.2, 0.25) is 0 Å². The smallest absolute Gasteiger partial charge is 0.119 e. The zero-order chi connectivity index (χ0) is 14.7. The van der Waals surface area contributed by atoms with E-state index in [-0.39, 0.29) is 0 Å². The summed E-state index contributed by atoms with van der Waals surface area (Å²) >= 11 is 0. The van der Waals surface area contributed by atoms with E-state index in [1.807, 2.05) is 12.1 Å². The lowest BCUT2D eigenvalue weighted by molar-refractivity contribution is 0.101. The van der Waals surface area contributed by atoms with E-state index in [0.717, 1.165) is 24.0 Å². The minimum absolute atomic E-state index is 0.363. The SMILES string of the molecule is CCc1cccc(OCC(O)CNC(C2CC2)C2CC2)c1. The van der Waals surface area contributed by atoms with Gasteiger partial charge >= 0.3 is 0 Å². The van der Waals surface area contributed by atoms with Gasteiger partial charge in [0, 0.05) is 12.6 Å². The summed E-state index contributed by atoms with van der Waals surface area (Å²) in [6, 6.07) is 8.76. The summed E-state index contributed by atoms with van der Waals surface area (Å²) in [5, 5.41) is 13.7. The maximum atomic E-state index is 10.1. The van der Waals surface area contributed by atoms with Crippen molar-refractivity contribution in [3.63, 3.8) is 0 Å². The Morgan fingerprint density at radius 3 is 2.57 bits per heavy atom. The number of hydrogen-bond donors (Lipinski definition) is 2. The van der Waals surface area contributed by atoms with Crippen LogP contribution in [0.25, 0.3) is 0 Å². The van der Waals surface area contributed by atoms with Crippen molar-refractivity contribution in [2.45, 2.75) is 51.2 Å². The Hall–Kier alpha value is -1.06. The van der Waals surface area contributed by atoms with Crippen molar-refractivity contribution in [1.29, 1.82) is 0 Å². The maximum Gasteiger partial charge on any atom is 0.119 e. The van der Waals surface area contributed by atoms with E-state index in [1.54, 1.807) is 0 Å². The summed E-state index contributed by atoms with van der Waals surface area (Å²) in [5.74, 6) is 2.59. The third-order valence-corrected chi connectivity index (χ3v) is 4.60. The van der Waals surface area contributed by atoms with Gasteiger partial charge in [0.1, 0.15) is 18.5 Å². The van der Waals surface area contributed by atoms with Crippen LogP contribution in [0.4, 0.5) is 0 Å². The number of benzene rings is 1. The van der Waals surface area contributed by atoms with Gasteiger partial charge in [-0.15, -0.1) is 0 Å². The first kappa shape index (κ1) is 14.9. The number of aryl methyl sites for hydroxylation is 1. The first-order valence-electron chi connectivity index (χ1n) is 8.39. The van der Waals surface area contributed by atoms with Crippen molar-refractivity contribution in [3.8, 4) is 5.75 Å². The van der Waals surface area contributed by atoms with Crippen molar-refractivity contribution in [2.75, 3.05) is 13.2 Å². The largest absolute Gasteiger partial charge is 0.491 e. The predicted molar refractivity (Wildman–Crippen MR) is 84.6 cm³/mol. The highest BCUT2D eigenvalue weighted by molar-refractivity contribution is 5.28. The van der Waals surface area contributed by atoms with Gasteiger partial charge in [0.15, 0.2) is 0 Å². The van der Waals surface area contributed by atoms with Crippen LogP contribution in [-0.4, -0.2) is 30.4 Å². The Morgan fingerprint density at radius 1 is 1.24 bits per heavy atom. The van der Waals surface area contributed by atoms with Gasteiger partial charge < -0.3 is 15.2 Å². The molecular weight excluding hydrogens is 262 g/mol. The second kappa shape index (κ2) is 6.80. The van der Waals surface area contributed by atoms with E-state index in [2.05, 4.69) is 24.4 Å². The van der Waals surface area contributed by atoms with Gasteiger partial charge in [-0.3, -0.25) is 0 Å². The molecule has 2 aliphatic rings. The van der Waals surface area contributed by atoms with Gasteiger partial charge in [-0.05, 0) is 61.6 Å². The molecule has 2 saturated carbocycles. The third kappa shape index (κ3) is 4.45. The molecule has 1 atom stereocenters. The molecule has 2 fully saturated rings. The highest BCUT2D eigenvalue weighted by Gasteiger charge is 2.41. The molecule has 1 unspecified atom stereocenters. The molecule has 0 heterocycles. The summed E-state index contributed by atoms with van der Waals surface area (Å²) in [6.07, 6.45) is 6.03. The molecular formula is C18H27NO2. The first-order chi connectivity index (χ1) is 10.3. The van der Waals surface area contributed by atoms with E-state index in [1.165, 1.54) is 31.2 Å². The summed E-state index contributed by atoms with van der Waals surface area (Å²) in [4.78, 5) is 0. The van der Waals surface area contributed by atoms with E-state index < -0.39 is 6.10 Å². The van der Waals surface area contributed by atoms with Gasteiger partial charge in [-0.1, -0.05) is 19.1 Å². The van der Waals surface area contributed by atoms with Gasteiger partial charge in [-0.25, -0.2) is 0 Å². The lowest BCUT2D eigenvalue weighted by atomic mass is 10.1. The molecule has 3 rings (SSSR count). The molecule has 21 heavy (non-hydrogen) atoms. The first-order valence-corrected chi connectivity index (χ1v) is 8.39. The number of hydrogen-bond acceptors (Lipinski definition) is 3. The van der Waals surface area contributed by atoms with Crippen LogP contribution >= 0.6 is 0 Å². The predicted octanol–water partition coefficient (Wildman–Crippen LogP) is 2.77. The van der Waals surface area contributed by atoms with Crippen molar-refractivity contribution >= 4 is 0 Å². The van der Waals surface area contributed by atoms with Gasteiger partial charge in [0.25, 0.3) is 0 Å². The summed E-state index contributed by atoms with van der Waals surface area (Å²) < 4.78 is 5.70. The fourth-order valence-electron chi connectivity index (χ4n) is 3.01. The van der Waals surface area contributed by atoms with Crippen molar-refractivity contribution in [2.24, 2.45) is 11.8 Å². The van der Waals surface area contributed by atoms with Crippen LogP contribution in [0.1, 0.15) is 38.2 Å². The zero-order valence-electron chi connectivity index (χ0n) is 12.9. The Labute approximate surface area is 127 Å². The lowest BCUT2D eigenvalue weighted by Crippen LogP contribution is -2.40. The molecule has 3 heteroatoms. The normalized spacial score (nSPS) is 19.8. The highest BCUT2D eigenvalue weighted by Crippen LogP contribution is 2.44. The molecule has 0 spiro atoms. The molecule has 0 aliphatic heterocycles. The second-order valence-corrected chi connectivity index (χ2v) is 6.57. The summed E-state index contributed by atoms with van der Waals surface area (Å²) in [7, 11) is 0. The molecule has 0 amide bonds. The van der Waals surface area contributed by atoms with Crippen molar-refractivity contribution < 1.29 is 9.84 Å². The summed E-state index contributed by atoms with van der Waals surface area (Å²) in [6.45, 7) is 3.14. The topological polar surface area (TPSA) is 41.5 Å². The van der Waals surface area contributed by atoms with Gasteiger partial charge in [-0.2, -0.15) is 0 Å². The average molecular weight is 289 g/mol. The molecule has 1 aromatic rings. The Kier molecular flexibility index (Phi) is 4.81. The van der Waals surface area contributed by atoms with Gasteiger partial charge in [0.05, 0.1) is 0 Å². The zero-order valence-corrected chi connectivity index (χ0v) is 12.9. The molecule has 116 valence electrons. The number of nitrogens with one attached hydrogen (secondary N) is 1. The van der Waals surface area contributed by atoms with Crippen LogP contribution < -0.4 is 10.1 Å². The average Bonchev–Trinajstić information content (AvgIpc) is 3.38. The number of ether oxygens (including phenoxy) is 1. The van der Waals surface area contributed by atoms with Crippen LogP contribution in [0.2, 0.25) is 0 Å². The standard InChI is InChI=1S/C18H27NO2/c1-2-13-4-3-5-17(10-13)21-12-16(20)11-19-18(14-6-7-14)15-8-9-15/h3-5,10,14-16,18-20H,2,6-9,11-12H2,1H3. The third-order valence-electron chi connectivity index (χ3n) is 4.60. The van der Waals surface area contributed by atoms with E-state index >= 15 is 0 Å². The fraction of sp³-hybridized carbons (Fsp3) is 0.667. The molecule has 2 aliphatic carbocycles. The molecule has 0 radical (unpaired) electrons. The molecule has 3 nitrogen and oxygen atoms in total. The van der Waals surface area contributed by atoms with Crippen LogP contribution in [-0.2, 0) is 6.42 Å². The monoisotopic (exact) mass is 289 g/mol. The molecule has 1 aromatic carbocycles. The molecule has 2 N–H and O–H groups in total.